The Bertz CT molecular complexity index is 794. The quantitative estimate of drug-likeness (QED) is 0.895. The van der Waals surface area contributed by atoms with Gasteiger partial charge in [-0.05, 0) is 18.6 Å². The minimum Gasteiger partial charge on any atom is -0.451 e. The third kappa shape index (κ3) is 3.20. The first kappa shape index (κ1) is 15.6. The number of anilines is 1. The molecular weight excluding hydrogens is 320 g/mol. The van der Waals surface area contributed by atoms with Gasteiger partial charge in [-0.3, -0.25) is 0 Å². The highest BCUT2D eigenvalue weighted by molar-refractivity contribution is 5.68. The largest absolute Gasteiger partial charge is 0.451 e. The predicted molar refractivity (Wildman–Crippen MR) is 92.7 cm³/mol. The fraction of sp³-hybridized carbons (Fsp3) is 0.316. The number of amides is 1. The highest BCUT2D eigenvalue weighted by atomic mass is 16.7. The SMILES string of the molecule is CC1CC(OC(N)=O)c2cc3c(cc2N1)OC(Cc1ccccc1)O3. The van der Waals surface area contributed by atoms with E-state index in [0.29, 0.717) is 24.3 Å². The summed E-state index contributed by atoms with van der Waals surface area (Å²) < 4.78 is 17.1. The molecule has 0 bridgehead atoms. The van der Waals surface area contributed by atoms with E-state index in [1.807, 2.05) is 49.4 Å². The molecule has 2 heterocycles. The zero-order valence-corrected chi connectivity index (χ0v) is 13.9. The maximum Gasteiger partial charge on any atom is 0.405 e. The molecule has 130 valence electrons. The first-order chi connectivity index (χ1) is 12.1. The van der Waals surface area contributed by atoms with Crippen LogP contribution in [0.4, 0.5) is 10.5 Å². The number of hydrogen-bond acceptors (Lipinski definition) is 5. The topological polar surface area (TPSA) is 82.8 Å². The monoisotopic (exact) mass is 340 g/mol. The molecule has 3 atom stereocenters. The lowest BCUT2D eigenvalue weighted by atomic mass is 9.95. The highest BCUT2D eigenvalue weighted by Gasteiger charge is 2.32. The summed E-state index contributed by atoms with van der Waals surface area (Å²) in [5.41, 5.74) is 8.10. The van der Waals surface area contributed by atoms with Gasteiger partial charge in [-0.25, -0.2) is 4.79 Å². The molecule has 4 rings (SSSR count). The van der Waals surface area contributed by atoms with Crippen LogP contribution in [0, 0.1) is 0 Å². The number of benzene rings is 2. The van der Waals surface area contributed by atoms with Crippen LogP contribution >= 0.6 is 0 Å². The molecule has 0 radical (unpaired) electrons. The van der Waals surface area contributed by atoms with E-state index in [9.17, 15) is 4.79 Å². The Hall–Kier alpha value is -2.89. The van der Waals surface area contributed by atoms with Gasteiger partial charge in [0.25, 0.3) is 0 Å². The molecular formula is C19H20N2O4. The Morgan fingerprint density at radius 3 is 2.68 bits per heavy atom. The second-order valence-electron chi connectivity index (χ2n) is 6.45. The second kappa shape index (κ2) is 6.20. The van der Waals surface area contributed by atoms with Gasteiger partial charge in [0.15, 0.2) is 11.5 Å². The molecule has 0 aliphatic carbocycles. The molecule has 0 aromatic heterocycles. The highest BCUT2D eigenvalue weighted by Crippen LogP contribution is 2.45. The third-order valence-corrected chi connectivity index (χ3v) is 4.45. The fourth-order valence-electron chi connectivity index (χ4n) is 3.37. The number of carbonyl (C=O) groups excluding carboxylic acids is 1. The van der Waals surface area contributed by atoms with Crippen LogP contribution in [0.15, 0.2) is 42.5 Å². The number of rotatable bonds is 3. The van der Waals surface area contributed by atoms with Crippen LogP contribution in [0.5, 0.6) is 11.5 Å². The number of hydrogen-bond donors (Lipinski definition) is 2. The van der Waals surface area contributed by atoms with Crippen molar-refractivity contribution < 1.29 is 19.0 Å². The van der Waals surface area contributed by atoms with Gasteiger partial charge in [0.05, 0.1) is 0 Å². The van der Waals surface area contributed by atoms with Crippen LogP contribution < -0.4 is 20.5 Å². The molecule has 2 aliphatic rings. The molecule has 3 N–H and O–H groups in total. The van der Waals surface area contributed by atoms with Crippen molar-refractivity contribution >= 4 is 11.8 Å². The number of fused-ring (bicyclic) bond motifs is 2. The van der Waals surface area contributed by atoms with E-state index in [0.717, 1.165) is 16.8 Å². The Morgan fingerprint density at radius 1 is 1.24 bits per heavy atom. The maximum absolute atomic E-state index is 11.2. The van der Waals surface area contributed by atoms with E-state index in [-0.39, 0.29) is 18.4 Å². The summed E-state index contributed by atoms with van der Waals surface area (Å²) in [6, 6.07) is 14.0. The van der Waals surface area contributed by atoms with Gasteiger partial charge < -0.3 is 25.3 Å². The molecule has 3 unspecified atom stereocenters. The van der Waals surface area contributed by atoms with Gasteiger partial charge in [-0.2, -0.15) is 0 Å². The molecule has 0 fully saturated rings. The number of carbonyl (C=O) groups is 1. The molecule has 25 heavy (non-hydrogen) atoms. The number of primary amides is 1. The van der Waals surface area contributed by atoms with Gasteiger partial charge >= 0.3 is 6.09 Å². The normalized spacial score (nSPS) is 23.5. The smallest absolute Gasteiger partial charge is 0.405 e. The number of nitrogens with one attached hydrogen (secondary N) is 1. The third-order valence-electron chi connectivity index (χ3n) is 4.45. The molecule has 0 saturated heterocycles. The Kier molecular flexibility index (Phi) is 3.87. The van der Waals surface area contributed by atoms with Gasteiger partial charge in [-0.15, -0.1) is 0 Å². The molecule has 2 aromatic rings. The first-order valence-corrected chi connectivity index (χ1v) is 8.36. The Balaban J connectivity index is 1.57. The van der Waals surface area contributed by atoms with Gasteiger partial charge in [0, 0.05) is 36.2 Å². The standard InChI is InChI=1S/C19H20N2O4/c1-11-7-15(25-19(20)22)13-9-16-17(10-14(13)21-11)24-18(23-16)8-12-5-3-2-4-6-12/h2-6,9-11,15,18,21H,7-8H2,1H3,(H2,20,22). The molecule has 0 saturated carbocycles. The van der Waals surface area contributed by atoms with Crippen LogP contribution in [-0.4, -0.2) is 18.4 Å². The van der Waals surface area contributed by atoms with E-state index in [2.05, 4.69) is 5.32 Å². The van der Waals surface area contributed by atoms with Gasteiger partial charge in [-0.1, -0.05) is 30.3 Å². The summed E-state index contributed by atoms with van der Waals surface area (Å²) in [5.74, 6) is 1.35. The van der Waals surface area contributed by atoms with E-state index in [1.165, 1.54) is 0 Å². The predicted octanol–water partition coefficient (Wildman–Crippen LogP) is 3.37. The van der Waals surface area contributed by atoms with E-state index < -0.39 is 6.09 Å². The van der Waals surface area contributed by atoms with Gasteiger partial charge in [0.2, 0.25) is 6.29 Å². The van der Waals surface area contributed by atoms with Crippen LogP contribution in [0.25, 0.3) is 0 Å². The van der Waals surface area contributed by atoms with Crippen molar-refractivity contribution in [2.24, 2.45) is 5.73 Å². The lowest BCUT2D eigenvalue weighted by Crippen LogP contribution is -2.29. The van der Waals surface area contributed by atoms with Crippen molar-refractivity contribution in [3.63, 3.8) is 0 Å². The average Bonchev–Trinajstić information content (AvgIpc) is 2.94. The molecule has 6 nitrogen and oxygen atoms in total. The van der Waals surface area contributed by atoms with E-state index in [1.54, 1.807) is 0 Å². The summed E-state index contributed by atoms with van der Waals surface area (Å²) in [6.07, 6.45) is -0.210. The number of ether oxygens (including phenoxy) is 3. The minimum absolute atomic E-state index is 0.164. The van der Waals surface area contributed by atoms with Crippen molar-refractivity contribution in [1.82, 2.24) is 0 Å². The molecule has 1 amide bonds. The van der Waals surface area contributed by atoms with Crippen LogP contribution in [-0.2, 0) is 11.2 Å². The van der Waals surface area contributed by atoms with Crippen LogP contribution in [0.1, 0.15) is 30.6 Å². The first-order valence-electron chi connectivity index (χ1n) is 8.36. The average molecular weight is 340 g/mol. The van der Waals surface area contributed by atoms with Crippen molar-refractivity contribution in [1.29, 1.82) is 0 Å². The summed E-state index contributed by atoms with van der Waals surface area (Å²) in [4.78, 5) is 11.2. The van der Waals surface area contributed by atoms with Crippen molar-refractivity contribution in [3.05, 3.63) is 53.6 Å². The summed E-state index contributed by atoms with van der Waals surface area (Å²) in [5, 5.41) is 3.39. The zero-order chi connectivity index (χ0) is 17.4. The maximum atomic E-state index is 11.2. The summed E-state index contributed by atoms with van der Waals surface area (Å²) in [7, 11) is 0. The Morgan fingerprint density at radius 2 is 1.96 bits per heavy atom. The zero-order valence-electron chi connectivity index (χ0n) is 13.9. The lowest BCUT2D eigenvalue weighted by molar-refractivity contribution is 0.0501. The summed E-state index contributed by atoms with van der Waals surface area (Å²) in [6.45, 7) is 2.03. The van der Waals surface area contributed by atoms with Crippen molar-refractivity contribution in [2.45, 2.75) is 38.2 Å². The molecule has 6 heteroatoms. The lowest BCUT2D eigenvalue weighted by Gasteiger charge is -2.30. The van der Waals surface area contributed by atoms with Crippen LogP contribution in [0.2, 0.25) is 0 Å². The van der Waals surface area contributed by atoms with Crippen LogP contribution in [0.3, 0.4) is 0 Å². The van der Waals surface area contributed by atoms with E-state index >= 15 is 0 Å². The second-order valence-corrected chi connectivity index (χ2v) is 6.45. The molecule has 2 aliphatic heterocycles. The molecule has 2 aromatic carbocycles. The van der Waals surface area contributed by atoms with Crippen molar-refractivity contribution in [2.75, 3.05) is 5.32 Å². The summed E-state index contributed by atoms with van der Waals surface area (Å²) >= 11 is 0. The Labute approximate surface area is 145 Å². The van der Waals surface area contributed by atoms with Crippen molar-refractivity contribution in [3.8, 4) is 11.5 Å². The van der Waals surface area contributed by atoms with E-state index in [4.69, 9.17) is 19.9 Å². The van der Waals surface area contributed by atoms with Gasteiger partial charge in [0.1, 0.15) is 6.10 Å². The number of nitrogens with two attached hydrogens (primary N) is 1. The fourth-order valence-corrected chi connectivity index (χ4v) is 3.37. The molecule has 0 spiro atoms. The minimum atomic E-state index is -0.773.